The van der Waals surface area contributed by atoms with Gasteiger partial charge in [0.2, 0.25) is 5.91 Å². The summed E-state index contributed by atoms with van der Waals surface area (Å²) >= 11 is 11.7. The van der Waals surface area contributed by atoms with Crippen molar-refractivity contribution in [2.75, 3.05) is 31.7 Å². The Morgan fingerprint density at radius 1 is 1.47 bits per heavy atom. The minimum atomic E-state index is 0.0237. The summed E-state index contributed by atoms with van der Waals surface area (Å²) in [5.74, 6) is 0.660. The van der Waals surface area contributed by atoms with Crippen molar-refractivity contribution in [3.8, 4) is 0 Å². The molecule has 94 valence electrons. The Labute approximate surface area is 110 Å². The van der Waals surface area contributed by atoms with Gasteiger partial charge < -0.3 is 16.0 Å². The average molecular weight is 277 g/mol. The van der Waals surface area contributed by atoms with Crippen molar-refractivity contribution in [3.05, 3.63) is 16.1 Å². The number of amides is 1. The van der Waals surface area contributed by atoms with Crippen LogP contribution in [0.4, 0.5) is 11.6 Å². The highest BCUT2D eigenvalue weighted by molar-refractivity contribution is 6.37. The highest BCUT2D eigenvalue weighted by Crippen LogP contribution is 2.27. The van der Waals surface area contributed by atoms with Gasteiger partial charge in [0, 0.05) is 27.1 Å². The van der Waals surface area contributed by atoms with Gasteiger partial charge in [0.1, 0.15) is 11.6 Å². The molecule has 0 saturated carbocycles. The number of nitrogens with one attached hydrogen (secondary N) is 1. The van der Waals surface area contributed by atoms with Gasteiger partial charge in [-0.1, -0.05) is 23.2 Å². The predicted molar refractivity (Wildman–Crippen MR) is 70.5 cm³/mol. The first-order chi connectivity index (χ1) is 7.91. The van der Waals surface area contributed by atoms with Gasteiger partial charge >= 0.3 is 0 Å². The summed E-state index contributed by atoms with van der Waals surface area (Å²) < 4.78 is 0. The topological polar surface area (TPSA) is 71.2 Å². The summed E-state index contributed by atoms with van der Waals surface area (Å²) in [6, 6.07) is 1.52. The van der Waals surface area contributed by atoms with Gasteiger partial charge in [0.25, 0.3) is 0 Å². The van der Waals surface area contributed by atoms with Crippen molar-refractivity contribution in [1.29, 1.82) is 0 Å². The first-order valence-electron chi connectivity index (χ1n) is 4.97. The molecule has 0 spiro atoms. The van der Waals surface area contributed by atoms with Crippen LogP contribution in [0.15, 0.2) is 6.07 Å². The number of rotatable bonds is 4. The number of pyridine rings is 1. The Morgan fingerprint density at radius 2 is 2.12 bits per heavy atom. The van der Waals surface area contributed by atoms with Gasteiger partial charge in [-0.3, -0.25) is 4.79 Å². The molecule has 1 aromatic rings. The molecule has 0 unspecified atom stereocenters. The van der Waals surface area contributed by atoms with E-state index in [1.807, 2.05) is 0 Å². The number of carbonyl (C=O) groups is 1. The maximum absolute atomic E-state index is 11.3. The number of carbonyl (C=O) groups excluding carboxylic acids is 1. The van der Waals surface area contributed by atoms with Crippen molar-refractivity contribution in [3.63, 3.8) is 0 Å². The second-order valence-electron chi connectivity index (χ2n) is 3.65. The molecule has 0 aliphatic carbocycles. The number of hydrogen-bond donors (Lipinski definition) is 2. The van der Waals surface area contributed by atoms with Crippen LogP contribution in [0, 0.1) is 0 Å². The quantitative estimate of drug-likeness (QED) is 0.881. The standard InChI is InChI=1S/C10H14Cl2N4O/c1-16(2)8(17)3-4-14-10-7(12)5-6(11)9(13)15-10/h5H,3-4H2,1-2H3,(H3,13,14,15). The zero-order chi connectivity index (χ0) is 13.0. The van der Waals surface area contributed by atoms with Crippen LogP contribution in [0.3, 0.4) is 0 Å². The normalized spacial score (nSPS) is 10.1. The molecule has 0 aromatic carbocycles. The number of hydrogen-bond acceptors (Lipinski definition) is 4. The van der Waals surface area contributed by atoms with E-state index in [0.29, 0.717) is 28.8 Å². The van der Waals surface area contributed by atoms with Gasteiger partial charge in [0.15, 0.2) is 0 Å². The highest BCUT2D eigenvalue weighted by atomic mass is 35.5. The zero-order valence-corrected chi connectivity index (χ0v) is 11.1. The monoisotopic (exact) mass is 276 g/mol. The number of aromatic nitrogens is 1. The Hall–Kier alpha value is -1.20. The van der Waals surface area contributed by atoms with Crippen LogP contribution < -0.4 is 11.1 Å². The lowest BCUT2D eigenvalue weighted by Crippen LogP contribution is -2.24. The van der Waals surface area contributed by atoms with Gasteiger partial charge in [-0.15, -0.1) is 0 Å². The molecule has 0 radical (unpaired) electrons. The molecular weight excluding hydrogens is 263 g/mol. The fourth-order valence-corrected chi connectivity index (χ4v) is 1.54. The Kier molecular flexibility index (Phi) is 4.84. The molecule has 1 heterocycles. The molecule has 5 nitrogen and oxygen atoms in total. The van der Waals surface area contributed by atoms with E-state index in [9.17, 15) is 4.79 Å². The summed E-state index contributed by atoms with van der Waals surface area (Å²) in [6.45, 7) is 0.435. The molecule has 3 N–H and O–H groups in total. The Morgan fingerprint density at radius 3 is 2.71 bits per heavy atom. The van der Waals surface area contributed by atoms with E-state index in [-0.39, 0.29) is 11.7 Å². The van der Waals surface area contributed by atoms with Crippen LogP contribution in [0.2, 0.25) is 10.0 Å². The van der Waals surface area contributed by atoms with E-state index in [2.05, 4.69) is 10.3 Å². The molecule has 0 atom stereocenters. The molecule has 1 aromatic heterocycles. The number of nitrogens with two attached hydrogens (primary N) is 1. The summed E-state index contributed by atoms with van der Waals surface area (Å²) in [4.78, 5) is 16.8. The van der Waals surface area contributed by atoms with Crippen molar-refractivity contribution < 1.29 is 4.79 Å². The molecule has 1 amide bonds. The fraction of sp³-hybridized carbons (Fsp3) is 0.400. The minimum Gasteiger partial charge on any atom is -0.382 e. The van der Waals surface area contributed by atoms with E-state index in [1.54, 1.807) is 14.1 Å². The van der Waals surface area contributed by atoms with Crippen LogP contribution in [-0.2, 0) is 4.79 Å². The van der Waals surface area contributed by atoms with E-state index in [4.69, 9.17) is 28.9 Å². The molecule has 0 aliphatic heterocycles. The third-order valence-corrected chi connectivity index (χ3v) is 2.68. The predicted octanol–water partition coefficient (Wildman–Crippen LogP) is 1.86. The van der Waals surface area contributed by atoms with Crippen LogP contribution in [0.25, 0.3) is 0 Å². The van der Waals surface area contributed by atoms with Gasteiger partial charge in [0.05, 0.1) is 10.0 Å². The van der Waals surface area contributed by atoms with Crippen molar-refractivity contribution in [2.45, 2.75) is 6.42 Å². The second-order valence-corrected chi connectivity index (χ2v) is 4.47. The van der Waals surface area contributed by atoms with Crippen LogP contribution >= 0.6 is 23.2 Å². The largest absolute Gasteiger partial charge is 0.382 e. The van der Waals surface area contributed by atoms with Crippen molar-refractivity contribution in [2.24, 2.45) is 0 Å². The average Bonchev–Trinajstić information content (AvgIpc) is 2.25. The summed E-state index contributed by atoms with van der Waals surface area (Å²) in [7, 11) is 3.40. The molecular formula is C10H14Cl2N4O. The lowest BCUT2D eigenvalue weighted by Gasteiger charge is -2.12. The smallest absolute Gasteiger partial charge is 0.223 e. The number of anilines is 2. The lowest BCUT2D eigenvalue weighted by molar-refractivity contribution is -0.128. The van der Waals surface area contributed by atoms with Crippen LogP contribution in [-0.4, -0.2) is 36.4 Å². The summed E-state index contributed by atoms with van der Waals surface area (Å²) in [5, 5.41) is 3.62. The lowest BCUT2D eigenvalue weighted by atomic mass is 10.3. The highest BCUT2D eigenvalue weighted by Gasteiger charge is 2.08. The first kappa shape index (κ1) is 13.9. The first-order valence-corrected chi connectivity index (χ1v) is 5.73. The van der Waals surface area contributed by atoms with E-state index in [0.717, 1.165) is 0 Å². The van der Waals surface area contributed by atoms with Gasteiger partial charge in [-0.25, -0.2) is 4.98 Å². The third kappa shape index (κ3) is 3.94. The second kappa shape index (κ2) is 5.93. The Balaban J connectivity index is 2.58. The number of nitrogens with zero attached hydrogens (tertiary/aromatic N) is 2. The van der Waals surface area contributed by atoms with Gasteiger partial charge in [-0.05, 0) is 6.07 Å². The van der Waals surface area contributed by atoms with Crippen LogP contribution in [0.1, 0.15) is 6.42 Å². The van der Waals surface area contributed by atoms with Gasteiger partial charge in [-0.2, -0.15) is 0 Å². The fourth-order valence-electron chi connectivity index (χ4n) is 1.12. The maximum atomic E-state index is 11.3. The van der Waals surface area contributed by atoms with Crippen LogP contribution in [0.5, 0.6) is 0 Å². The van der Waals surface area contributed by atoms with Crippen molar-refractivity contribution >= 4 is 40.7 Å². The zero-order valence-electron chi connectivity index (χ0n) is 9.63. The minimum absolute atomic E-state index is 0.0237. The van der Waals surface area contributed by atoms with Crippen molar-refractivity contribution in [1.82, 2.24) is 9.88 Å². The van der Waals surface area contributed by atoms with E-state index in [1.165, 1.54) is 11.0 Å². The molecule has 1 rings (SSSR count). The van der Waals surface area contributed by atoms with E-state index >= 15 is 0 Å². The Bertz CT molecular complexity index is 423. The number of halogens is 2. The van der Waals surface area contributed by atoms with E-state index < -0.39 is 0 Å². The summed E-state index contributed by atoms with van der Waals surface area (Å²) in [6.07, 6.45) is 0.355. The third-order valence-electron chi connectivity index (χ3n) is 2.09. The molecule has 0 saturated heterocycles. The maximum Gasteiger partial charge on any atom is 0.223 e. The molecule has 0 fully saturated rings. The molecule has 17 heavy (non-hydrogen) atoms. The summed E-state index contributed by atoms with van der Waals surface area (Å²) in [5.41, 5.74) is 5.55. The molecule has 7 heteroatoms. The number of nitrogen functional groups attached to an aromatic ring is 1. The molecule has 0 bridgehead atoms. The molecule has 0 aliphatic rings. The SMILES string of the molecule is CN(C)C(=O)CCNc1nc(N)c(Cl)cc1Cl.